The van der Waals surface area contributed by atoms with Gasteiger partial charge in [-0.3, -0.25) is 4.79 Å². The fourth-order valence-electron chi connectivity index (χ4n) is 5.17. The van der Waals surface area contributed by atoms with Gasteiger partial charge < -0.3 is 10.1 Å². The lowest BCUT2D eigenvalue weighted by Crippen LogP contribution is -2.20. The van der Waals surface area contributed by atoms with E-state index in [1.165, 1.54) is 6.07 Å². The number of Topliss-reactive ketones (excluding diaryl/α,β-unsaturated/α-hetero) is 1. The number of hydrogen-bond acceptors (Lipinski definition) is 5. The van der Waals surface area contributed by atoms with Crippen LogP contribution in [0.3, 0.4) is 0 Å². The van der Waals surface area contributed by atoms with E-state index in [0.29, 0.717) is 43.0 Å². The second-order valence-corrected chi connectivity index (χ2v) is 10.4. The maximum absolute atomic E-state index is 13.3. The van der Waals surface area contributed by atoms with Crippen LogP contribution in [-0.4, -0.2) is 29.0 Å². The van der Waals surface area contributed by atoms with E-state index in [0.717, 1.165) is 56.0 Å². The van der Waals surface area contributed by atoms with Gasteiger partial charge >= 0.3 is 6.18 Å². The predicted molar refractivity (Wildman–Crippen MR) is 133 cm³/mol. The predicted octanol–water partition coefficient (Wildman–Crippen LogP) is 7.25. The minimum absolute atomic E-state index is 0.0681. The first-order chi connectivity index (χ1) is 17.1. The van der Waals surface area contributed by atoms with Crippen molar-refractivity contribution in [3.05, 3.63) is 50.9 Å². The van der Waals surface area contributed by atoms with Crippen LogP contribution in [0.5, 0.6) is 0 Å². The molecule has 0 spiro atoms. The third kappa shape index (κ3) is 6.50. The highest BCUT2D eigenvalue weighted by Gasteiger charge is 2.35. The maximum atomic E-state index is 13.3. The number of fused-ring (bicyclic) bond motifs is 1. The van der Waals surface area contributed by atoms with Gasteiger partial charge in [-0.05, 0) is 74.6 Å². The van der Waals surface area contributed by atoms with E-state index in [4.69, 9.17) is 27.9 Å². The van der Waals surface area contributed by atoms with Crippen molar-refractivity contribution in [1.29, 1.82) is 0 Å². The Hall–Kier alpha value is -1.90. The minimum atomic E-state index is -4.54. The molecular formula is C26H30Cl2F3N3O2. The molecule has 5 nitrogen and oxygen atoms in total. The fourth-order valence-corrected chi connectivity index (χ4v) is 5.75. The molecule has 0 saturated carbocycles. The summed E-state index contributed by atoms with van der Waals surface area (Å²) < 4.78 is 45.5. The molecule has 36 heavy (non-hydrogen) atoms. The number of carbonyl (C=O) groups excluding carboxylic acids is 1. The summed E-state index contributed by atoms with van der Waals surface area (Å²) in [7, 11) is 0. The lowest BCUT2D eigenvalue weighted by molar-refractivity contribution is -0.137. The topological polar surface area (TPSA) is 64.1 Å². The van der Waals surface area contributed by atoms with Crippen LogP contribution in [-0.2, 0) is 28.5 Å². The summed E-state index contributed by atoms with van der Waals surface area (Å²) in [5.41, 5.74) is 1.16. The zero-order valence-electron chi connectivity index (χ0n) is 20.1. The third-order valence-corrected chi connectivity index (χ3v) is 7.74. The first-order valence-electron chi connectivity index (χ1n) is 12.4. The number of aromatic nitrogens is 2. The Morgan fingerprint density at radius 1 is 1.17 bits per heavy atom. The summed E-state index contributed by atoms with van der Waals surface area (Å²) in [6, 6.07) is 3.33. The van der Waals surface area contributed by atoms with E-state index in [1.54, 1.807) is 13.0 Å². The van der Waals surface area contributed by atoms with Gasteiger partial charge in [-0.15, -0.1) is 0 Å². The van der Waals surface area contributed by atoms with Crippen LogP contribution in [0.25, 0.3) is 0 Å². The van der Waals surface area contributed by atoms with Gasteiger partial charge in [0.15, 0.2) is 0 Å². The van der Waals surface area contributed by atoms with Crippen molar-refractivity contribution in [2.24, 2.45) is 11.8 Å². The summed E-state index contributed by atoms with van der Waals surface area (Å²) in [6.45, 7) is 3.15. The Morgan fingerprint density at radius 3 is 2.75 bits per heavy atom. The largest absolute Gasteiger partial charge is 0.417 e. The molecule has 1 aromatic heterocycles. The van der Waals surface area contributed by atoms with Gasteiger partial charge in [0.1, 0.15) is 11.6 Å². The quantitative estimate of drug-likeness (QED) is 0.372. The number of nitrogens with one attached hydrogen (secondary N) is 1. The second kappa shape index (κ2) is 11.7. The zero-order chi connectivity index (χ0) is 25.9. The molecule has 1 saturated heterocycles. The maximum Gasteiger partial charge on any atom is 0.417 e. The number of benzene rings is 1. The smallest absolute Gasteiger partial charge is 0.381 e. The number of nitrogens with zero attached hydrogens (tertiary/aromatic N) is 2. The van der Waals surface area contributed by atoms with E-state index in [-0.39, 0.29) is 22.1 Å². The van der Waals surface area contributed by atoms with Gasteiger partial charge in [-0.1, -0.05) is 30.2 Å². The first kappa shape index (κ1) is 27.1. The molecule has 4 rings (SSSR count). The van der Waals surface area contributed by atoms with Crippen molar-refractivity contribution in [1.82, 2.24) is 9.97 Å². The number of ether oxygens (including phenoxy) is 1. The van der Waals surface area contributed by atoms with E-state index < -0.39 is 17.8 Å². The van der Waals surface area contributed by atoms with E-state index in [2.05, 4.69) is 15.3 Å². The highest BCUT2D eigenvalue weighted by atomic mass is 35.5. The number of carbonyl (C=O) groups is 1. The van der Waals surface area contributed by atoms with Gasteiger partial charge in [-0.2, -0.15) is 13.2 Å². The first-order valence-corrected chi connectivity index (χ1v) is 13.2. The Balaban J connectivity index is 1.43. The van der Waals surface area contributed by atoms with Crippen LogP contribution in [0, 0.1) is 11.8 Å². The van der Waals surface area contributed by atoms with Crippen LogP contribution in [0.2, 0.25) is 10.3 Å². The van der Waals surface area contributed by atoms with Gasteiger partial charge in [0, 0.05) is 31.1 Å². The van der Waals surface area contributed by atoms with Crippen molar-refractivity contribution in [3.63, 3.8) is 0 Å². The molecule has 1 fully saturated rings. The number of rotatable bonds is 7. The Labute approximate surface area is 219 Å². The highest BCUT2D eigenvalue weighted by molar-refractivity contribution is 6.32. The van der Waals surface area contributed by atoms with Crippen molar-refractivity contribution in [3.8, 4) is 0 Å². The molecule has 2 aliphatic rings. The van der Waals surface area contributed by atoms with Crippen LogP contribution in [0.15, 0.2) is 18.2 Å². The van der Waals surface area contributed by atoms with Crippen molar-refractivity contribution < 1.29 is 22.7 Å². The van der Waals surface area contributed by atoms with Crippen LogP contribution >= 0.6 is 23.2 Å². The Kier molecular flexibility index (Phi) is 8.79. The molecule has 1 aliphatic carbocycles. The molecule has 0 bridgehead atoms. The summed E-state index contributed by atoms with van der Waals surface area (Å²) in [6.07, 6.45) is 1.82. The average molecular weight is 544 g/mol. The molecular weight excluding hydrogens is 514 g/mol. The Morgan fingerprint density at radius 2 is 1.97 bits per heavy atom. The molecule has 3 unspecified atom stereocenters. The Bertz CT molecular complexity index is 1090. The number of hydrogen-bond donors (Lipinski definition) is 1. The number of anilines is 1. The number of alkyl halides is 3. The van der Waals surface area contributed by atoms with Crippen LogP contribution in [0.1, 0.15) is 73.9 Å². The SMILES string of the molecule is CC(Nc1nc(Cl)nc2c1CC(CCC(=O)C1CCCCOCC1)C2)c1cccc(C(F)(F)F)c1Cl. The lowest BCUT2D eigenvalue weighted by atomic mass is 9.88. The van der Waals surface area contributed by atoms with E-state index >= 15 is 0 Å². The fraction of sp³-hybridized carbons (Fsp3) is 0.577. The van der Waals surface area contributed by atoms with Crippen molar-refractivity contribution in [2.45, 2.75) is 70.5 Å². The molecule has 2 aromatic rings. The van der Waals surface area contributed by atoms with Gasteiger partial charge in [0.25, 0.3) is 0 Å². The summed E-state index contributed by atoms with van der Waals surface area (Å²) in [4.78, 5) is 21.6. The molecule has 1 aromatic carbocycles. The van der Waals surface area contributed by atoms with Gasteiger partial charge in [0.2, 0.25) is 5.28 Å². The van der Waals surface area contributed by atoms with Gasteiger partial charge in [-0.25, -0.2) is 9.97 Å². The molecule has 0 amide bonds. The summed E-state index contributed by atoms with van der Waals surface area (Å²) in [5, 5.41) is 2.94. The molecule has 196 valence electrons. The monoisotopic (exact) mass is 543 g/mol. The van der Waals surface area contributed by atoms with Gasteiger partial charge in [0.05, 0.1) is 22.3 Å². The average Bonchev–Trinajstić information content (AvgIpc) is 3.19. The van der Waals surface area contributed by atoms with Crippen molar-refractivity contribution >= 4 is 34.8 Å². The molecule has 10 heteroatoms. The molecule has 1 aliphatic heterocycles. The molecule has 1 N–H and O–H groups in total. The standard InChI is InChI=1S/C26H30Cl2F3N3O2/c1-15(18-6-4-7-20(23(18)27)26(29,30)31)32-24-19-13-16(14-21(19)33-25(28)34-24)8-9-22(35)17-5-2-3-11-36-12-10-17/h4,6-7,15-17H,2-3,5,8-14H2,1H3,(H,32,33,34). The zero-order valence-corrected chi connectivity index (χ0v) is 21.6. The highest BCUT2D eigenvalue weighted by Crippen LogP contribution is 2.40. The molecule has 0 radical (unpaired) electrons. The van der Waals surface area contributed by atoms with E-state index in [1.807, 2.05) is 0 Å². The normalized spacial score (nSPS) is 21.4. The summed E-state index contributed by atoms with van der Waals surface area (Å²) >= 11 is 12.3. The number of halogens is 5. The minimum Gasteiger partial charge on any atom is -0.381 e. The second-order valence-electron chi connectivity index (χ2n) is 9.71. The van der Waals surface area contributed by atoms with Crippen LogP contribution in [0.4, 0.5) is 19.0 Å². The van der Waals surface area contributed by atoms with E-state index in [9.17, 15) is 18.0 Å². The third-order valence-electron chi connectivity index (χ3n) is 7.15. The molecule has 3 atom stereocenters. The lowest BCUT2D eigenvalue weighted by Gasteiger charge is -2.20. The van der Waals surface area contributed by atoms with Crippen LogP contribution < -0.4 is 5.32 Å². The molecule has 2 heterocycles. The number of ketones is 1. The van der Waals surface area contributed by atoms with Crippen molar-refractivity contribution in [2.75, 3.05) is 18.5 Å². The summed E-state index contributed by atoms with van der Waals surface area (Å²) in [5.74, 6) is 1.09.